The van der Waals surface area contributed by atoms with Crippen LogP contribution in [0.3, 0.4) is 0 Å². The number of benzene rings is 7. The summed E-state index contributed by atoms with van der Waals surface area (Å²) in [6.07, 6.45) is 4.39. The van der Waals surface area contributed by atoms with E-state index in [4.69, 9.17) is 10.2 Å². The Morgan fingerprint density at radius 3 is 1.77 bits per heavy atom. The van der Waals surface area contributed by atoms with Gasteiger partial charge in [0.25, 0.3) is 0 Å². The van der Waals surface area contributed by atoms with Gasteiger partial charge in [-0.1, -0.05) is 159 Å². The molecule has 0 spiro atoms. The number of hydrogen-bond acceptors (Lipinski definition) is 2. The Kier molecular flexibility index (Phi) is 7.62. The molecule has 0 N–H and O–H groups in total. The van der Waals surface area contributed by atoms with Crippen molar-refractivity contribution in [1.82, 2.24) is 19.3 Å². The summed E-state index contributed by atoms with van der Waals surface area (Å²) in [6, 6.07) is 63.5. The Hall–Kier alpha value is -7.04. The molecule has 0 fully saturated rings. The number of hydrogen-bond donors (Lipinski definition) is 0. The second-order valence-electron chi connectivity index (χ2n) is 15.7. The molecule has 2 aliphatic rings. The molecular weight excluding hydrogens is 693 g/mol. The third-order valence-electron chi connectivity index (χ3n) is 12.2. The van der Waals surface area contributed by atoms with Crippen molar-refractivity contribution in [1.29, 1.82) is 0 Å². The summed E-state index contributed by atoms with van der Waals surface area (Å²) in [5.74, 6) is 1.64. The first-order valence-corrected chi connectivity index (χ1v) is 19.9. The second-order valence-corrected chi connectivity index (χ2v) is 15.7. The fraction of sp³-hybridized carbons (Fsp3) is 0.0943. The molecule has 0 unspecified atom stereocenters. The normalized spacial score (nSPS) is 13.9. The smallest absolute Gasteiger partial charge is 0.168 e. The third kappa shape index (κ3) is 5.21. The van der Waals surface area contributed by atoms with Crippen molar-refractivity contribution in [2.24, 2.45) is 0 Å². The minimum atomic E-state index is -0.0460. The lowest BCUT2D eigenvalue weighted by Crippen LogP contribution is -2.33. The van der Waals surface area contributed by atoms with Gasteiger partial charge >= 0.3 is 0 Å². The molecule has 4 nitrogen and oxygen atoms in total. The average Bonchev–Trinajstić information content (AvgIpc) is 3.94. The van der Waals surface area contributed by atoms with Crippen LogP contribution in [-0.2, 0) is 5.41 Å². The van der Waals surface area contributed by atoms with Crippen LogP contribution in [0.2, 0.25) is 0 Å². The summed E-state index contributed by atoms with van der Waals surface area (Å²) in [6.45, 7) is 4.72. The van der Waals surface area contributed by atoms with E-state index in [-0.39, 0.29) is 5.41 Å². The number of rotatable bonds is 6. The van der Waals surface area contributed by atoms with Gasteiger partial charge < -0.3 is 4.57 Å². The fourth-order valence-corrected chi connectivity index (χ4v) is 9.48. The van der Waals surface area contributed by atoms with E-state index < -0.39 is 0 Å². The molecule has 0 radical (unpaired) electrons. The summed E-state index contributed by atoms with van der Waals surface area (Å²) in [7, 11) is 0. The van der Waals surface area contributed by atoms with Gasteiger partial charge in [-0.2, -0.15) is 0 Å². The van der Waals surface area contributed by atoms with Crippen LogP contribution in [0.4, 0.5) is 0 Å². The van der Waals surface area contributed by atoms with Crippen molar-refractivity contribution in [2.75, 3.05) is 0 Å². The molecule has 11 rings (SSSR count). The highest BCUT2D eigenvalue weighted by Gasteiger charge is 2.36. The van der Waals surface area contributed by atoms with Crippen molar-refractivity contribution in [3.63, 3.8) is 0 Å². The van der Waals surface area contributed by atoms with Gasteiger partial charge in [0.05, 0.1) is 10.9 Å². The van der Waals surface area contributed by atoms with Crippen LogP contribution in [0.15, 0.2) is 176 Å². The Morgan fingerprint density at radius 2 is 1.07 bits per heavy atom. The van der Waals surface area contributed by atoms with Gasteiger partial charge in [0.1, 0.15) is 0 Å². The lowest BCUT2D eigenvalue weighted by molar-refractivity contribution is 0.660. The van der Waals surface area contributed by atoms with Gasteiger partial charge in [-0.3, -0.25) is 4.57 Å². The molecule has 0 bridgehead atoms. The lowest BCUT2D eigenvalue weighted by Gasteiger charge is -2.21. The Labute approximate surface area is 332 Å². The van der Waals surface area contributed by atoms with Crippen LogP contribution < -0.4 is 10.6 Å². The van der Waals surface area contributed by atoms with Gasteiger partial charge in [-0.15, -0.1) is 10.2 Å². The van der Waals surface area contributed by atoms with E-state index in [1.807, 2.05) is 12.1 Å². The SMILES string of the molecule is CC1(C)c2ccccc2-c2c(-c3ccc4c(c3)c3c(n4-c4ccccc4)=C(c4ccc(-n5c(-c6ccccc6)nnc5-c5ccccc5)cc4)CCC=3)cccc21. The molecule has 0 saturated carbocycles. The molecule has 0 amide bonds. The molecule has 9 aromatic rings. The van der Waals surface area contributed by atoms with Gasteiger partial charge in [0.2, 0.25) is 0 Å². The van der Waals surface area contributed by atoms with E-state index in [1.54, 1.807) is 0 Å². The standard InChI is InChI=1S/C53H40N4/c1-53(2)46-26-13-12-22-44(46)49-41(23-15-27-47(49)53)38-30-33-48-45(34-38)43-25-14-24-42(50(43)56(48)39-20-10-5-11-21-39)35-28-31-40(32-29-35)57-51(36-16-6-3-7-17-36)54-55-52(57)37-18-8-4-9-19-37/h3-13,15-23,25-34H,14,24H2,1-2H3. The van der Waals surface area contributed by atoms with Gasteiger partial charge in [-0.25, -0.2) is 0 Å². The summed E-state index contributed by atoms with van der Waals surface area (Å²) in [4.78, 5) is 0. The minimum Gasteiger partial charge on any atom is -0.309 e. The van der Waals surface area contributed by atoms with Crippen molar-refractivity contribution < 1.29 is 0 Å². The molecule has 7 aromatic carbocycles. The van der Waals surface area contributed by atoms with E-state index in [0.717, 1.165) is 41.3 Å². The van der Waals surface area contributed by atoms with E-state index in [2.05, 4.69) is 193 Å². The van der Waals surface area contributed by atoms with Crippen LogP contribution in [0.5, 0.6) is 0 Å². The Morgan fingerprint density at radius 1 is 0.491 bits per heavy atom. The first-order chi connectivity index (χ1) is 28.1. The minimum absolute atomic E-state index is 0.0460. The molecular formula is C53H40N4. The van der Waals surface area contributed by atoms with Crippen LogP contribution in [0.25, 0.3) is 79.0 Å². The molecule has 2 heterocycles. The molecule has 57 heavy (non-hydrogen) atoms. The summed E-state index contributed by atoms with van der Waals surface area (Å²) >= 11 is 0. The highest BCUT2D eigenvalue weighted by molar-refractivity contribution is 5.96. The van der Waals surface area contributed by atoms with Gasteiger partial charge in [-0.05, 0) is 93.8 Å². The predicted molar refractivity (Wildman–Crippen MR) is 234 cm³/mol. The maximum atomic E-state index is 4.72. The molecule has 2 aliphatic carbocycles. The second kappa shape index (κ2) is 13.0. The summed E-state index contributed by atoms with van der Waals surface area (Å²) < 4.78 is 4.67. The quantitative estimate of drug-likeness (QED) is 0.171. The van der Waals surface area contributed by atoms with Crippen LogP contribution in [0, 0.1) is 0 Å². The molecule has 0 aliphatic heterocycles. The number of nitrogens with zero attached hydrogens (tertiary/aromatic N) is 4. The van der Waals surface area contributed by atoms with E-state index >= 15 is 0 Å². The van der Waals surface area contributed by atoms with Gasteiger partial charge in [0, 0.05) is 38.5 Å². The van der Waals surface area contributed by atoms with Crippen LogP contribution >= 0.6 is 0 Å². The van der Waals surface area contributed by atoms with Crippen LogP contribution in [-0.4, -0.2) is 19.3 Å². The average molecular weight is 733 g/mol. The number of fused-ring (bicyclic) bond motifs is 6. The third-order valence-corrected chi connectivity index (χ3v) is 12.2. The van der Waals surface area contributed by atoms with Crippen molar-refractivity contribution in [2.45, 2.75) is 32.1 Å². The summed E-state index contributed by atoms with van der Waals surface area (Å²) in [5, 5.41) is 13.3. The van der Waals surface area contributed by atoms with Crippen molar-refractivity contribution >= 4 is 22.6 Å². The molecule has 0 atom stereocenters. The fourth-order valence-electron chi connectivity index (χ4n) is 9.48. The van der Waals surface area contributed by atoms with Crippen molar-refractivity contribution in [3.8, 4) is 56.4 Å². The monoisotopic (exact) mass is 732 g/mol. The highest BCUT2D eigenvalue weighted by Crippen LogP contribution is 2.52. The number of aromatic nitrogens is 4. The Balaban J connectivity index is 1.10. The largest absolute Gasteiger partial charge is 0.309 e. The zero-order valence-corrected chi connectivity index (χ0v) is 32.0. The molecule has 4 heteroatoms. The maximum Gasteiger partial charge on any atom is 0.168 e. The highest BCUT2D eigenvalue weighted by atomic mass is 15.3. The molecule has 0 saturated heterocycles. The van der Waals surface area contributed by atoms with Gasteiger partial charge in [0.15, 0.2) is 11.6 Å². The number of para-hydroxylation sites is 1. The molecule has 272 valence electrons. The zero-order chi connectivity index (χ0) is 38.1. The zero-order valence-electron chi connectivity index (χ0n) is 32.0. The first-order valence-electron chi connectivity index (χ1n) is 19.9. The first kappa shape index (κ1) is 33.3. The van der Waals surface area contributed by atoms with E-state index in [0.29, 0.717) is 0 Å². The molecule has 2 aromatic heterocycles. The van der Waals surface area contributed by atoms with E-state index in [9.17, 15) is 0 Å². The Bertz CT molecular complexity index is 3060. The lowest BCUT2D eigenvalue weighted by atomic mass is 9.82. The predicted octanol–water partition coefficient (Wildman–Crippen LogP) is 11.3. The maximum absolute atomic E-state index is 4.72. The van der Waals surface area contributed by atoms with Crippen LogP contribution in [0.1, 0.15) is 43.4 Å². The summed E-state index contributed by atoms with van der Waals surface area (Å²) in [5.41, 5.74) is 16.1. The topological polar surface area (TPSA) is 35.6 Å². The van der Waals surface area contributed by atoms with E-state index in [1.165, 1.54) is 71.7 Å². The van der Waals surface area contributed by atoms with Crippen molar-refractivity contribution in [3.05, 3.63) is 203 Å².